The van der Waals surface area contributed by atoms with Gasteiger partial charge in [-0.2, -0.15) is 4.68 Å². The number of hydrogen-bond acceptors (Lipinski definition) is 11. The van der Waals surface area contributed by atoms with Crippen LogP contribution in [-0.4, -0.2) is 83.0 Å². The zero-order valence-electron chi connectivity index (χ0n) is 22.3. The molecule has 13 nitrogen and oxygen atoms in total. The average Bonchev–Trinajstić information content (AvgIpc) is 3.44. The minimum Gasteiger partial charge on any atom is -0.456 e. The van der Waals surface area contributed by atoms with Crippen LogP contribution in [0.1, 0.15) is 47.7 Å². The number of hydrogen-bond donors (Lipinski definition) is 1. The molecule has 0 spiro atoms. The molecule has 1 amide bonds. The van der Waals surface area contributed by atoms with Crippen LogP contribution in [0.25, 0.3) is 10.2 Å². The zero-order valence-corrected chi connectivity index (χ0v) is 23.2. The molecule has 1 aromatic carbocycles. The highest BCUT2D eigenvalue weighted by Crippen LogP contribution is 2.34. The first-order valence-electron chi connectivity index (χ1n) is 12.3. The molecule has 1 saturated heterocycles. The Labute approximate surface area is 228 Å². The second kappa shape index (κ2) is 11.0. The summed E-state index contributed by atoms with van der Waals surface area (Å²) in [6.45, 7) is 9.96. The molecule has 0 radical (unpaired) electrons. The number of ether oxygens (including phenoxy) is 2. The number of anilines is 2. The van der Waals surface area contributed by atoms with Crippen LogP contribution in [-0.2, 0) is 9.47 Å². The van der Waals surface area contributed by atoms with E-state index in [1.165, 1.54) is 18.2 Å². The van der Waals surface area contributed by atoms with Crippen molar-refractivity contribution in [3.8, 4) is 0 Å². The Morgan fingerprint density at radius 2 is 1.85 bits per heavy atom. The van der Waals surface area contributed by atoms with Crippen molar-refractivity contribution in [1.29, 1.82) is 0 Å². The maximum atomic E-state index is 13.3. The fourth-order valence-corrected chi connectivity index (χ4v) is 5.01. The van der Waals surface area contributed by atoms with E-state index in [1.807, 2.05) is 11.9 Å². The molecule has 0 saturated carbocycles. The number of nitrogens with zero attached hydrogens (tertiary/aromatic N) is 5. The third-order valence-electron chi connectivity index (χ3n) is 5.92. The van der Waals surface area contributed by atoms with Gasteiger partial charge in [-0.15, -0.1) is 16.4 Å². The predicted molar refractivity (Wildman–Crippen MR) is 146 cm³/mol. The Morgan fingerprint density at radius 3 is 2.46 bits per heavy atom. The Kier molecular flexibility index (Phi) is 7.88. The molecule has 0 aliphatic carbocycles. The van der Waals surface area contributed by atoms with Crippen LogP contribution in [0.4, 0.5) is 22.0 Å². The minimum absolute atomic E-state index is 0.0495. The SMILES string of the molecule is CCOC(=O)n1nc(NC(=O)c2ccc(N3CCN(C)CC3)cc2[N+](=O)[O-])c2cc(C(=O)OC(C)(C)C)sc21. The van der Waals surface area contributed by atoms with Gasteiger partial charge in [0.15, 0.2) is 5.82 Å². The first-order valence-corrected chi connectivity index (χ1v) is 13.2. The van der Waals surface area contributed by atoms with Gasteiger partial charge in [0.2, 0.25) is 0 Å². The lowest BCUT2D eigenvalue weighted by molar-refractivity contribution is -0.385. The molecule has 0 atom stereocenters. The molecular weight excluding hydrogens is 528 g/mol. The van der Waals surface area contributed by atoms with Crippen molar-refractivity contribution in [2.75, 3.05) is 50.1 Å². The van der Waals surface area contributed by atoms with Crippen LogP contribution in [0.5, 0.6) is 0 Å². The van der Waals surface area contributed by atoms with E-state index in [9.17, 15) is 24.5 Å². The van der Waals surface area contributed by atoms with Crippen LogP contribution in [0, 0.1) is 10.1 Å². The Hall–Kier alpha value is -4.04. The first-order chi connectivity index (χ1) is 18.4. The molecule has 1 fully saturated rings. The fourth-order valence-electron chi connectivity index (χ4n) is 4.04. The van der Waals surface area contributed by atoms with Crippen LogP contribution in [0.15, 0.2) is 24.3 Å². The van der Waals surface area contributed by atoms with Gasteiger partial charge in [0.05, 0.1) is 16.9 Å². The van der Waals surface area contributed by atoms with Gasteiger partial charge in [-0.3, -0.25) is 14.9 Å². The third-order valence-corrected chi connectivity index (χ3v) is 7.01. The highest BCUT2D eigenvalue weighted by Gasteiger charge is 2.28. The van der Waals surface area contributed by atoms with Crippen LogP contribution >= 0.6 is 11.3 Å². The van der Waals surface area contributed by atoms with Crippen LogP contribution < -0.4 is 10.2 Å². The number of nitro groups is 1. The summed E-state index contributed by atoms with van der Waals surface area (Å²) < 4.78 is 11.4. The summed E-state index contributed by atoms with van der Waals surface area (Å²) in [5, 5.41) is 18.9. The maximum absolute atomic E-state index is 13.3. The first kappa shape index (κ1) is 28.0. The van der Waals surface area contributed by atoms with Crippen LogP contribution in [0.2, 0.25) is 0 Å². The number of benzene rings is 1. The van der Waals surface area contributed by atoms with Crippen molar-refractivity contribution in [2.45, 2.75) is 33.3 Å². The highest BCUT2D eigenvalue weighted by molar-refractivity contribution is 7.20. The number of nitro benzene ring substituents is 1. The van der Waals surface area contributed by atoms with Crippen molar-refractivity contribution in [1.82, 2.24) is 14.7 Å². The van der Waals surface area contributed by atoms with E-state index in [0.29, 0.717) is 24.2 Å². The quantitative estimate of drug-likeness (QED) is 0.267. The van der Waals surface area contributed by atoms with E-state index in [4.69, 9.17) is 9.47 Å². The van der Waals surface area contributed by atoms with E-state index >= 15 is 0 Å². The Balaban J connectivity index is 1.68. The number of amides is 1. The van der Waals surface area contributed by atoms with Crippen molar-refractivity contribution >= 4 is 56.7 Å². The molecular formula is C25H30N6O7S. The number of rotatable bonds is 6. The second-order valence-corrected chi connectivity index (χ2v) is 11.0. The molecule has 1 N–H and O–H groups in total. The topological polar surface area (TPSA) is 149 Å². The van der Waals surface area contributed by atoms with E-state index in [-0.39, 0.29) is 33.4 Å². The van der Waals surface area contributed by atoms with Crippen molar-refractivity contribution < 1.29 is 28.8 Å². The van der Waals surface area contributed by atoms with Gasteiger partial charge in [-0.1, -0.05) is 0 Å². The Bertz CT molecular complexity index is 1430. The van der Waals surface area contributed by atoms with Gasteiger partial charge in [-0.05, 0) is 52.9 Å². The maximum Gasteiger partial charge on any atom is 0.436 e. The number of esters is 1. The average molecular weight is 559 g/mol. The lowest BCUT2D eigenvalue weighted by Gasteiger charge is -2.34. The molecule has 4 rings (SSSR count). The smallest absolute Gasteiger partial charge is 0.436 e. The van der Waals surface area contributed by atoms with Gasteiger partial charge < -0.3 is 24.6 Å². The Morgan fingerprint density at radius 1 is 1.15 bits per heavy atom. The standard InChI is InChI=1S/C25H30N6O7S/c1-6-37-24(34)30-22-17(14-19(39-22)23(33)38-25(2,3)4)20(27-30)26-21(32)16-8-7-15(13-18(16)31(35)36)29-11-9-28(5)10-12-29/h7-8,13-14H,6,9-12H2,1-5H3,(H,26,27,32). The molecule has 2 aromatic heterocycles. The molecule has 14 heteroatoms. The van der Waals surface area contributed by atoms with Gasteiger partial charge >= 0.3 is 12.1 Å². The predicted octanol–water partition coefficient (Wildman–Crippen LogP) is 3.97. The number of thiophene rings is 1. The third kappa shape index (κ3) is 6.17. The largest absolute Gasteiger partial charge is 0.456 e. The molecule has 208 valence electrons. The molecule has 0 unspecified atom stereocenters. The summed E-state index contributed by atoms with van der Waals surface area (Å²) in [7, 11) is 2.01. The lowest BCUT2D eigenvalue weighted by Crippen LogP contribution is -2.44. The number of carbonyl (C=O) groups is 3. The number of piperazine rings is 1. The molecule has 1 aliphatic heterocycles. The molecule has 3 heterocycles. The van der Waals surface area contributed by atoms with E-state index < -0.39 is 28.5 Å². The summed E-state index contributed by atoms with van der Waals surface area (Å²) in [6, 6.07) is 5.92. The van der Waals surface area contributed by atoms with Gasteiger partial charge in [0.1, 0.15) is 20.9 Å². The second-order valence-electron chi connectivity index (χ2n) is 9.99. The molecule has 3 aromatic rings. The summed E-state index contributed by atoms with van der Waals surface area (Å²) in [5.41, 5.74) is -0.614. The monoisotopic (exact) mass is 558 g/mol. The lowest BCUT2D eigenvalue weighted by atomic mass is 10.1. The van der Waals surface area contributed by atoms with Crippen molar-refractivity contribution in [3.63, 3.8) is 0 Å². The van der Waals surface area contributed by atoms with E-state index in [0.717, 1.165) is 29.1 Å². The normalized spacial score (nSPS) is 14.3. The number of nitrogens with one attached hydrogen (secondary N) is 1. The summed E-state index contributed by atoms with van der Waals surface area (Å²) in [4.78, 5) is 54.4. The van der Waals surface area contributed by atoms with E-state index in [2.05, 4.69) is 15.3 Å². The minimum atomic E-state index is -0.803. The van der Waals surface area contributed by atoms with E-state index in [1.54, 1.807) is 33.8 Å². The molecule has 39 heavy (non-hydrogen) atoms. The van der Waals surface area contributed by atoms with Crippen molar-refractivity contribution in [3.05, 3.63) is 44.8 Å². The number of likely N-dealkylation sites (N-methyl/N-ethyl adjacent to an activating group) is 1. The number of fused-ring (bicyclic) bond motifs is 1. The van der Waals surface area contributed by atoms with Gasteiger partial charge in [0.25, 0.3) is 11.6 Å². The highest BCUT2D eigenvalue weighted by atomic mass is 32.1. The molecule has 0 bridgehead atoms. The molecule has 1 aliphatic rings. The van der Waals surface area contributed by atoms with Gasteiger partial charge in [-0.25, -0.2) is 9.59 Å². The van der Waals surface area contributed by atoms with Gasteiger partial charge in [0, 0.05) is 37.9 Å². The number of carbonyl (C=O) groups excluding carboxylic acids is 3. The van der Waals surface area contributed by atoms with Crippen LogP contribution in [0.3, 0.4) is 0 Å². The van der Waals surface area contributed by atoms with Crippen molar-refractivity contribution in [2.24, 2.45) is 0 Å². The summed E-state index contributed by atoms with van der Waals surface area (Å²) >= 11 is 0.953. The number of aromatic nitrogens is 2. The summed E-state index contributed by atoms with van der Waals surface area (Å²) in [6.07, 6.45) is -0.803. The summed E-state index contributed by atoms with van der Waals surface area (Å²) in [5.74, 6) is -1.44. The fraction of sp³-hybridized carbons (Fsp3) is 0.440. The zero-order chi connectivity index (χ0) is 28.5.